The Hall–Kier alpha value is -3.78. The molecule has 6 aromatic rings. The third kappa shape index (κ3) is 3.74. The predicted octanol–water partition coefficient (Wildman–Crippen LogP) is 6.90. The third-order valence-electron chi connectivity index (χ3n) is 7.72. The zero-order chi connectivity index (χ0) is 23.8. The first-order chi connectivity index (χ1) is 17.2. The molecule has 0 amide bonds. The maximum absolute atomic E-state index is 2.33. The summed E-state index contributed by atoms with van der Waals surface area (Å²) in [6.07, 6.45) is 5.88. The summed E-state index contributed by atoms with van der Waals surface area (Å²) in [5.41, 5.74) is 8.26. The summed E-state index contributed by atoms with van der Waals surface area (Å²) in [5, 5.41) is 5.56. The van der Waals surface area contributed by atoms with Crippen molar-refractivity contribution in [2.45, 2.75) is 32.1 Å². The lowest BCUT2D eigenvalue weighted by Crippen LogP contribution is -2.30. The summed E-state index contributed by atoms with van der Waals surface area (Å²) in [6, 6.07) is 35.4. The molecule has 35 heavy (non-hydrogen) atoms. The quantitative estimate of drug-likeness (QED) is 0.146. The largest absolute Gasteiger partial charge is 0.213 e. The van der Waals surface area contributed by atoms with Gasteiger partial charge in [-0.25, -0.2) is 0 Å². The molecule has 0 aliphatic rings. The molecule has 0 saturated carbocycles. The highest BCUT2D eigenvalue weighted by atomic mass is 14.9. The number of nitrogens with zero attached hydrogens (tertiary/aromatic N) is 2. The highest BCUT2D eigenvalue weighted by Crippen LogP contribution is 2.28. The molecule has 4 aromatic carbocycles. The first kappa shape index (κ1) is 21.7. The average Bonchev–Trinajstić information content (AvgIpc) is 2.92. The highest BCUT2D eigenvalue weighted by molar-refractivity contribution is 5.94. The molecule has 0 atom stereocenters. The molecule has 0 bridgehead atoms. The van der Waals surface area contributed by atoms with Crippen molar-refractivity contribution in [3.05, 3.63) is 108 Å². The second-order valence-corrected chi connectivity index (χ2v) is 9.70. The van der Waals surface area contributed by atoms with Gasteiger partial charge in [-0.2, -0.15) is 9.13 Å². The van der Waals surface area contributed by atoms with Crippen molar-refractivity contribution in [2.75, 3.05) is 0 Å². The molecule has 0 aliphatic carbocycles. The molecular formula is C33H32N2+2. The van der Waals surface area contributed by atoms with Gasteiger partial charge in [-0.1, -0.05) is 55.0 Å². The number of aromatic nitrogens is 2. The number of benzene rings is 4. The summed E-state index contributed by atoms with van der Waals surface area (Å²) >= 11 is 0. The van der Waals surface area contributed by atoms with Gasteiger partial charge < -0.3 is 0 Å². The van der Waals surface area contributed by atoms with Crippen LogP contribution in [0.1, 0.15) is 30.4 Å². The topological polar surface area (TPSA) is 7.76 Å². The molecule has 0 aliphatic heterocycles. The number of fused-ring (bicyclic) bond motifs is 4. The van der Waals surface area contributed by atoms with E-state index in [1.165, 1.54) is 74.0 Å². The van der Waals surface area contributed by atoms with Crippen LogP contribution in [-0.2, 0) is 26.9 Å². The van der Waals surface area contributed by atoms with Crippen LogP contribution < -0.4 is 9.13 Å². The Balaban J connectivity index is 1.26. The Bertz CT molecular complexity index is 1460. The predicted molar refractivity (Wildman–Crippen MR) is 147 cm³/mol. The molecule has 2 heterocycles. The van der Waals surface area contributed by atoms with E-state index in [4.69, 9.17) is 0 Å². The van der Waals surface area contributed by atoms with Crippen molar-refractivity contribution in [2.24, 2.45) is 14.1 Å². The van der Waals surface area contributed by atoms with Gasteiger partial charge in [-0.15, -0.1) is 0 Å². The monoisotopic (exact) mass is 456 g/mol. The molecule has 0 spiro atoms. The summed E-state index contributed by atoms with van der Waals surface area (Å²) in [4.78, 5) is 0. The first-order valence-electron chi connectivity index (χ1n) is 12.8. The minimum atomic E-state index is 1.12. The van der Waals surface area contributed by atoms with Crippen LogP contribution in [0.25, 0.3) is 43.6 Å². The van der Waals surface area contributed by atoms with E-state index in [1.807, 2.05) is 0 Å². The Morgan fingerprint density at radius 3 is 1.00 bits per heavy atom. The zero-order valence-corrected chi connectivity index (χ0v) is 20.7. The molecule has 172 valence electrons. The lowest BCUT2D eigenvalue weighted by atomic mass is 9.95. The second kappa shape index (κ2) is 9.11. The van der Waals surface area contributed by atoms with Crippen molar-refractivity contribution >= 4 is 43.6 Å². The Kier molecular flexibility index (Phi) is 5.66. The van der Waals surface area contributed by atoms with E-state index in [0.717, 1.165) is 12.8 Å². The lowest BCUT2D eigenvalue weighted by Gasteiger charge is -2.11. The SMILES string of the molecule is C[n+]1c2ccccc2c(CCCCCc2c3ccccc3[n+](C)c3ccccc23)c2ccccc21. The number of hydrogen-bond donors (Lipinski definition) is 0. The minimum absolute atomic E-state index is 1.12. The minimum Gasteiger partial charge on any atom is -0.194 e. The van der Waals surface area contributed by atoms with E-state index in [0.29, 0.717) is 0 Å². The van der Waals surface area contributed by atoms with Crippen molar-refractivity contribution < 1.29 is 9.13 Å². The normalized spacial score (nSPS) is 11.7. The molecule has 6 rings (SSSR count). The Morgan fingerprint density at radius 2 is 0.686 bits per heavy atom. The summed E-state index contributed by atoms with van der Waals surface area (Å²) in [7, 11) is 4.37. The van der Waals surface area contributed by atoms with Gasteiger partial charge in [0.05, 0.1) is 21.5 Å². The van der Waals surface area contributed by atoms with Crippen LogP contribution >= 0.6 is 0 Å². The fraction of sp³-hybridized carbons (Fsp3) is 0.212. The molecule has 0 unspecified atom stereocenters. The molecule has 0 radical (unpaired) electrons. The maximum Gasteiger partial charge on any atom is 0.213 e. The van der Waals surface area contributed by atoms with E-state index in [1.54, 1.807) is 0 Å². The number of rotatable bonds is 6. The standard InChI is InChI=1S/C33H32N2/c1-34-30-20-10-6-16-26(30)24(27-17-7-11-21-31(27)34)14-4-3-5-15-25-28-18-8-12-22-32(28)35(2)33-23-13-9-19-29(25)33/h6-13,16-23H,3-5,14-15H2,1-2H3/q+2. The second-order valence-electron chi connectivity index (χ2n) is 9.70. The van der Waals surface area contributed by atoms with Gasteiger partial charge in [0.15, 0.2) is 0 Å². The van der Waals surface area contributed by atoms with E-state index in [2.05, 4.69) is 120 Å². The van der Waals surface area contributed by atoms with Crippen LogP contribution in [-0.4, -0.2) is 0 Å². The van der Waals surface area contributed by atoms with Crippen LogP contribution in [0.2, 0.25) is 0 Å². The lowest BCUT2D eigenvalue weighted by molar-refractivity contribution is -0.617. The summed E-state index contributed by atoms with van der Waals surface area (Å²) < 4.78 is 4.67. The molecule has 2 nitrogen and oxygen atoms in total. The maximum atomic E-state index is 2.33. The van der Waals surface area contributed by atoms with Gasteiger partial charge in [0, 0.05) is 24.3 Å². The van der Waals surface area contributed by atoms with Crippen LogP contribution in [0.3, 0.4) is 0 Å². The number of para-hydroxylation sites is 4. The summed E-state index contributed by atoms with van der Waals surface area (Å²) in [5.74, 6) is 0. The van der Waals surface area contributed by atoms with Crippen molar-refractivity contribution in [3.8, 4) is 0 Å². The smallest absolute Gasteiger partial charge is 0.194 e. The zero-order valence-electron chi connectivity index (χ0n) is 20.7. The first-order valence-corrected chi connectivity index (χ1v) is 12.8. The Labute approximate surface area is 207 Å². The average molecular weight is 457 g/mol. The van der Waals surface area contributed by atoms with Crippen LogP contribution in [0.5, 0.6) is 0 Å². The van der Waals surface area contributed by atoms with Gasteiger partial charge >= 0.3 is 0 Å². The highest BCUT2D eigenvalue weighted by Gasteiger charge is 2.18. The van der Waals surface area contributed by atoms with Crippen LogP contribution in [0, 0.1) is 0 Å². The molecular weight excluding hydrogens is 424 g/mol. The fourth-order valence-corrected chi connectivity index (χ4v) is 5.95. The van der Waals surface area contributed by atoms with Gasteiger partial charge in [-0.05, 0) is 61.1 Å². The van der Waals surface area contributed by atoms with Crippen LogP contribution in [0.15, 0.2) is 97.1 Å². The Morgan fingerprint density at radius 1 is 0.400 bits per heavy atom. The molecule has 0 N–H and O–H groups in total. The van der Waals surface area contributed by atoms with E-state index in [9.17, 15) is 0 Å². The number of unbranched alkanes of at least 4 members (excludes halogenated alkanes) is 2. The van der Waals surface area contributed by atoms with E-state index < -0.39 is 0 Å². The number of aryl methyl sites for hydroxylation is 4. The van der Waals surface area contributed by atoms with E-state index in [-0.39, 0.29) is 0 Å². The van der Waals surface area contributed by atoms with Gasteiger partial charge in [-0.3, -0.25) is 0 Å². The van der Waals surface area contributed by atoms with Gasteiger partial charge in [0.2, 0.25) is 22.1 Å². The van der Waals surface area contributed by atoms with Crippen molar-refractivity contribution in [1.82, 2.24) is 0 Å². The third-order valence-corrected chi connectivity index (χ3v) is 7.72. The molecule has 0 fully saturated rings. The molecule has 0 saturated heterocycles. The van der Waals surface area contributed by atoms with Gasteiger partial charge in [0.1, 0.15) is 14.1 Å². The number of hydrogen-bond acceptors (Lipinski definition) is 0. The van der Waals surface area contributed by atoms with E-state index >= 15 is 0 Å². The molecule has 2 aromatic heterocycles. The van der Waals surface area contributed by atoms with Crippen molar-refractivity contribution in [3.63, 3.8) is 0 Å². The molecule has 2 heteroatoms. The number of pyridine rings is 2. The fourth-order valence-electron chi connectivity index (χ4n) is 5.95. The van der Waals surface area contributed by atoms with Gasteiger partial charge in [0.25, 0.3) is 0 Å². The van der Waals surface area contributed by atoms with Crippen LogP contribution in [0.4, 0.5) is 0 Å². The van der Waals surface area contributed by atoms with Crippen molar-refractivity contribution in [1.29, 1.82) is 0 Å². The summed E-state index contributed by atoms with van der Waals surface area (Å²) in [6.45, 7) is 0.